The van der Waals surface area contributed by atoms with Crippen molar-refractivity contribution in [1.29, 1.82) is 0 Å². The van der Waals surface area contributed by atoms with Gasteiger partial charge in [0.25, 0.3) is 0 Å². The van der Waals surface area contributed by atoms with Gasteiger partial charge in [0, 0.05) is 18.3 Å². The van der Waals surface area contributed by atoms with Crippen LogP contribution >= 0.6 is 0 Å². The van der Waals surface area contributed by atoms with Gasteiger partial charge in [-0.15, -0.1) is 0 Å². The first-order valence-electron chi connectivity index (χ1n) is 7.78. The molecule has 3 nitrogen and oxygen atoms in total. The zero-order chi connectivity index (χ0) is 14.1. The van der Waals surface area contributed by atoms with E-state index in [2.05, 4.69) is 17.9 Å². The Labute approximate surface area is 120 Å². The van der Waals surface area contributed by atoms with Crippen molar-refractivity contribution in [3.05, 3.63) is 29.3 Å². The number of benzene rings is 1. The number of hydrogen-bond donors (Lipinski definition) is 1. The highest BCUT2D eigenvalue weighted by Gasteiger charge is 2.29. The molecule has 0 radical (unpaired) electrons. The third-order valence-corrected chi connectivity index (χ3v) is 4.94. The Bertz CT molecular complexity index is 504. The summed E-state index contributed by atoms with van der Waals surface area (Å²) < 4.78 is 0. The Morgan fingerprint density at radius 1 is 1.25 bits per heavy atom. The van der Waals surface area contributed by atoms with E-state index < -0.39 is 5.97 Å². The van der Waals surface area contributed by atoms with Gasteiger partial charge in [-0.25, -0.2) is 4.79 Å². The van der Waals surface area contributed by atoms with Gasteiger partial charge < -0.3 is 10.0 Å². The van der Waals surface area contributed by atoms with Crippen molar-refractivity contribution < 1.29 is 9.90 Å². The van der Waals surface area contributed by atoms with Crippen LogP contribution in [-0.4, -0.2) is 23.7 Å². The van der Waals surface area contributed by atoms with Gasteiger partial charge >= 0.3 is 5.97 Å². The molecular formula is C17H23NO2. The molecule has 0 spiro atoms. The molecule has 0 atom stereocenters. The molecule has 1 aliphatic heterocycles. The van der Waals surface area contributed by atoms with Gasteiger partial charge in [0.05, 0.1) is 5.56 Å². The van der Waals surface area contributed by atoms with Crippen LogP contribution in [0.25, 0.3) is 0 Å². The first-order valence-corrected chi connectivity index (χ1v) is 7.78. The molecule has 3 heteroatoms. The van der Waals surface area contributed by atoms with Gasteiger partial charge in [-0.2, -0.15) is 0 Å². The van der Waals surface area contributed by atoms with E-state index >= 15 is 0 Å². The number of rotatable bonds is 2. The molecule has 0 saturated heterocycles. The molecule has 1 N–H and O–H groups in total. The Hall–Kier alpha value is -1.51. The Balaban J connectivity index is 1.90. The van der Waals surface area contributed by atoms with Crippen molar-refractivity contribution in [3.63, 3.8) is 0 Å². The van der Waals surface area contributed by atoms with Crippen LogP contribution < -0.4 is 4.90 Å². The summed E-state index contributed by atoms with van der Waals surface area (Å²) in [5, 5.41) is 9.35. The SMILES string of the molecule is CC1CCC(N2CCCc3c(C(=O)O)cccc32)CC1. The molecule has 3 rings (SSSR count). The molecule has 0 unspecified atom stereocenters. The zero-order valence-electron chi connectivity index (χ0n) is 12.1. The predicted octanol–water partition coefficient (Wildman–Crippen LogP) is 3.72. The Kier molecular flexibility index (Phi) is 3.68. The lowest BCUT2D eigenvalue weighted by Crippen LogP contribution is -2.41. The van der Waals surface area contributed by atoms with E-state index in [0.717, 1.165) is 30.9 Å². The minimum absolute atomic E-state index is 0.497. The number of anilines is 1. The lowest BCUT2D eigenvalue weighted by atomic mass is 9.85. The van der Waals surface area contributed by atoms with E-state index in [1.165, 1.54) is 31.4 Å². The molecule has 108 valence electrons. The first-order chi connectivity index (χ1) is 9.66. The number of nitrogens with zero attached hydrogens (tertiary/aromatic N) is 1. The highest BCUT2D eigenvalue weighted by Crippen LogP contribution is 2.36. The number of carbonyl (C=O) groups is 1. The standard InChI is InChI=1S/C17H23NO2/c1-12-7-9-13(10-8-12)18-11-3-5-14-15(17(19)20)4-2-6-16(14)18/h2,4,6,12-13H,3,5,7-11H2,1H3,(H,19,20). The summed E-state index contributed by atoms with van der Waals surface area (Å²) in [5.74, 6) is 0.0573. The fourth-order valence-corrected chi connectivity index (χ4v) is 3.79. The van der Waals surface area contributed by atoms with Crippen LogP contribution in [0.3, 0.4) is 0 Å². The molecule has 0 aromatic heterocycles. The van der Waals surface area contributed by atoms with Crippen LogP contribution in [0.2, 0.25) is 0 Å². The fraction of sp³-hybridized carbons (Fsp3) is 0.588. The van der Waals surface area contributed by atoms with E-state index in [0.29, 0.717) is 11.6 Å². The van der Waals surface area contributed by atoms with E-state index in [9.17, 15) is 9.90 Å². The van der Waals surface area contributed by atoms with Crippen LogP contribution in [0, 0.1) is 5.92 Å². The molecule has 2 aliphatic rings. The molecule has 0 amide bonds. The average Bonchev–Trinajstić information content (AvgIpc) is 2.47. The highest BCUT2D eigenvalue weighted by atomic mass is 16.4. The maximum absolute atomic E-state index is 11.4. The lowest BCUT2D eigenvalue weighted by molar-refractivity contribution is 0.0695. The van der Waals surface area contributed by atoms with Crippen LogP contribution in [0.5, 0.6) is 0 Å². The van der Waals surface area contributed by atoms with Gasteiger partial charge in [0.2, 0.25) is 0 Å². The van der Waals surface area contributed by atoms with E-state index in [4.69, 9.17) is 0 Å². The van der Waals surface area contributed by atoms with E-state index in [1.54, 1.807) is 6.07 Å². The first kappa shape index (κ1) is 13.5. The molecule has 1 fully saturated rings. The average molecular weight is 273 g/mol. The summed E-state index contributed by atoms with van der Waals surface area (Å²) in [6.07, 6.45) is 7.07. The smallest absolute Gasteiger partial charge is 0.336 e. The molecule has 1 heterocycles. The molecule has 1 saturated carbocycles. The van der Waals surface area contributed by atoms with Gasteiger partial charge in [0.1, 0.15) is 0 Å². The van der Waals surface area contributed by atoms with Crippen molar-refractivity contribution in [3.8, 4) is 0 Å². The number of carboxylic acids is 1. The maximum atomic E-state index is 11.4. The van der Waals surface area contributed by atoms with Crippen molar-refractivity contribution >= 4 is 11.7 Å². The number of hydrogen-bond acceptors (Lipinski definition) is 2. The fourth-order valence-electron chi connectivity index (χ4n) is 3.79. The quantitative estimate of drug-likeness (QED) is 0.893. The second-order valence-electron chi connectivity index (χ2n) is 6.32. The minimum atomic E-state index is -0.791. The van der Waals surface area contributed by atoms with Crippen LogP contribution in [0.1, 0.15) is 54.9 Å². The molecule has 0 bridgehead atoms. The van der Waals surface area contributed by atoms with E-state index in [1.807, 2.05) is 6.07 Å². The predicted molar refractivity (Wildman–Crippen MR) is 80.5 cm³/mol. The number of fused-ring (bicyclic) bond motifs is 1. The molecule has 1 aliphatic carbocycles. The largest absolute Gasteiger partial charge is 0.478 e. The Morgan fingerprint density at radius 3 is 2.70 bits per heavy atom. The van der Waals surface area contributed by atoms with E-state index in [-0.39, 0.29) is 0 Å². The van der Waals surface area contributed by atoms with Gasteiger partial charge in [-0.05, 0) is 62.1 Å². The number of carboxylic acid groups (broad SMARTS) is 1. The summed E-state index contributed by atoms with van der Waals surface area (Å²) in [4.78, 5) is 13.9. The second kappa shape index (κ2) is 5.47. The molecule has 1 aromatic rings. The summed E-state index contributed by atoms with van der Waals surface area (Å²) >= 11 is 0. The topological polar surface area (TPSA) is 40.5 Å². The Morgan fingerprint density at radius 2 is 2.00 bits per heavy atom. The monoisotopic (exact) mass is 273 g/mol. The lowest BCUT2D eigenvalue weighted by Gasteiger charge is -2.41. The van der Waals surface area contributed by atoms with Gasteiger partial charge in [-0.1, -0.05) is 13.0 Å². The minimum Gasteiger partial charge on any atom is -0.478 e. The van der Waals surface area contributed by atoms with Crippen molar-refractivity contribution in [2.45, 2.75) is 51.5 Å². The van der Waals surface area contributed by atoms with Crippen molar-refractivity contribution in [2.24, 2.45) is 5.92 Å². The van der Waals surface area contributed by atoms with Crippen molar-refractivity contribution in [2.75, 3.05) is 11.4 Å². The highest BCUT2D eigenvalue weighted by molar-refractivity contribution is 5.91. The summed E-state index contributed by atoms with van der Waals surface area (Å²) in [5.41, 5.74) is 2.72. The molecule has 1 aromatic carbocycles. The normalized spacial score (nSPS) is 26.1. The maximum Gasteiger partial charge on any atom is 0.336 e. The summed E-state index contributed by atoms with van der Waals surface area (Å²) in [6.45, 7) is 3.41. The van der Waals surface area contributed by atoms with Crippen LogP contribution in [0.15, 0.2) is 18.2 Å². The molecular weight excluding hydrogens is 250 g/mol. The molecule has 20 heavy (non-hydrogen) atoms. The zero-order valence-corrected chi connectivity index (χ0v) is 12.1. The third kappa shape index (κ3) is 2.41. The number of aromatic carboxylic acids is 1. The van der Waals surface area contributed by atoms with Gasteiger partial charge in [-0.3, -0.25) is 0 Å². The van der Waals surface area contributed by atoms with Crippen LogP contribution in [-0.2, 0) is 6.42 Å². The van der Waals surface area contributed by atoms with Crippen molar-refractivity contribution in [1.82, 2.24) is 0 Å². The summed E-state index contributed by atoms with van der Waals surface area (Å²) in [7, 11) is 0. The van der Waals surface area contributed by atoms with Crippen LogP contribution in [0.4, 0.5) is 5.69 Å². The second-order valence-corrected chi connectivity index (χ2v) is 6.32. The summed E-state index contributed by atoms with van der Waals surface area (Å²) in [6, 6.07) is 6.35. The van der Waals surface area contributed by atoms with Gasteiger partial charge in [0.15, 0.2) is 0 Å². The third-order valence-electron chi connectivity index (χ3n) is 4.94.